The van der Waals surface area contributed by atoms with Crippen LogP contribution in [0.5, 0.6) is 0 Å². The quantitative estimate of drug-likeness (QED) is 0.707. The van der Waals surface area contributed by atoms with Crippen molar-refractivity contribution < 1.29 is 8.76 Å². The van der Waals surface area contributed by atoms with Gasteiger partial charge < -0.3 is 4.55 Å². The zero-order valence-corrected chi connectivity index (χ0v) is 7.19. The fourth-order valence-corrected chi connectivity index (χ4v) is 1.10. The van der Waals surface area contributed by atoms with E-state index < -0.39 is 11.1 Å². The Morgan fingerprint density at radius 1 is 1.44 bits per heavy atom. The largest absolute Gasteiger partial charge is 0.306 e. The fraction of sp³-hybridized carbons (Fsp3) is 0.333. The van der Waals surface area contributed by atoms with Crippen LogP contribution in [0.25, 0.3) is 0 Å². The highest BCUT2D eigenvalue weighted by molar-refractivity contribution is 7.79. The SMILES string of the molecule is O=S(O)CC(Cl)=C(Cl)Cl. The molecule has 0 aliphatic rings. The third kappa shape index (κ3) is 5.18. The summed E-state index contributed by atoms with van der Waals surface area (Å²) in [6.07, 6.45) is 0. The maximum absolute atomic E-state index is 9.99. The number of hydrogen-bond acceptors (Lipinski definition) is 1. The van der Waals surface area contributed by atoms with Gasteiger partial charge in [-0.05, 0) is 0 Å². The first-order valence-corrected chi connectivity index (χ1v) is 4.22. The van der Waals surface area contributed by atoms with E-state index in [0.29, 0.717) is 0 Å². The molecule has 0 bridgehead atoms. The van der Waals surface area contributed by atoms with Gasteiger partial charge in [-0.25, -0.2) is 4.21 Å². The van der Waals surface area contributed by atoms with Crippen LogP contribution >= 0.6 is 34.8 Å². The predicted molar refractivity (Wildman–Crippen MR) is 40.2 cm³/mol. The fourth-order valence-electron chi connectivity index (χ4n) is 0.163. The zero-order chi connectivity index (χ0) is 7.44. The van der Waals surface area contributed by atoms with Crippen LogP contribution in [-0.4, -0.2) is 14.5 Å². The molecule has 2 nitrogen and oxygen atoms in total. The van der Waals surface area contributed by atoms with Gasteiger partial charge in [0.05, 0.1) is 10.8 Å². The molecule has 0 aromatic heterocycles. The van der Waals surface area contributed by atoms with E-state index in [1.54, 1.807) is 0 Å². The van der Waals surface area contributed by atoms with Crippen LogP contribution in [0.2, 0.25) is 0 Å². The number of halogens is 3. The third-order valence-electron chi connectivity index (χ3n) is 0.455. The Morgan fingerprint density at radius 3 is 2.00 bits per heavy atom. The molecule has 0 aromatic rings. The topological polar surface area (TPSA) is 37.3 Å². The molecule has 9 heavy (non-hydrogen) atoms. The first-order chi connectivity index (χ1) is 4.04. The molecule has 0 spiro atoms. The van der Waals surface area contributed by atoms with Crippen LogP contribution in [0.1, 0.15) is 0 Å². The summed E-state index contributed by atoms with van der Waals surface area (Å²) >= 11 is 13.6. The van der Waals surface area contributed by atoms with Crippen molar-refractivity contribution in [3.63, 3.8) is 0 Å². The Morgan fingerprint density at radius 2 is 1.89 bits per heavy atom. The lowest BCUT2D eigenvalue weighted by Crippen LogP contribution is -1.94. The van der Waals surface area contributed by atoms with Crippen molar-refractivity contribution in [1.82, 2.24) is 0 Å². The molecular weight excluding hydrogens is 206 g/mol. The molecule has 1 N–H and O–H groups in total. The van der Waals surface area contributed by atoms with E-state index in [-0.39, 0.29) is 15.3 Å². The highest BCUT2D eigenvalue weighted by Crippen LogP contribution is 2.17. The standard InChI is InChI=1S/C3H3Cl3O2S/c4-2(3(5)6)1-9(7)8/h1H2,(H,7,8). The smallest absolute Gasteiger partial charge is 0.158 e. The molecule has 0 saturated heterocycles. The highest BCUT2D eigenvalue weighted by atomic mass is 35.5. The normalized spacial score (nSPS) is 12.9. The molecule has 1 unspecified atom stereocenters. The van der Waals surface area contributed by atoms with Gasteiger partial charge in [-0.1, -0.05) is 34.8 Å². The third-order valence-corrected chi connectivity index (χ3v) is 2.12. The first-order valence-electron chi connectivity index (χ1n) is 1.81. The molecular formula is C3H3Cl3O2S. The van der Waals surface area contributed by atoms with Crippen molar-refractivity contribution in [2.45, 2.75) is 0 Å². The van der Waals surface area contributed by atoms with Gasteiger partial charge in [0.15, 0.2) is 11.1 Å². The van der Waals surface area contributed by atoms with Crippen LogP contribution in [0, 0.1) is 0 Å². The maximum atomic E-state index is 9.99. The van der Waals surface area contributed by atoms with Crippen molar-refractivity contribution in [2.24, 2.45) is 0 Å². The van der Waals surface area contributed by atoms with Crippen LogP contribution < -0.4 is 0 Å². The molecule has 0 radical (unpaired) electrons. The monoisotopic (exact) mass is 208 g/mol. The van der Waals surface area contributed by atoms with Crippen LogP contribution in [0.15, 0.2) is 9.52 Å². The summed E-state index contributed by atoms with van der Waals surface area (Å²) in [5.41, 5.74) is 0. The zero-order valence-electron chi connectivity index (χ0n) is 4.10. The van der Waals surface area contributed by atoms with E-state index in [1.165, 1.54) is 0 Å². The minimum atomic E-state index is -1.97. The van der Waals surface area contributed by atoms with Crippen molar-refractivity contribution in [2.75, 3.05) is 5.75 Å². The lowest BCUT2D eigenvalue weighted by Gasteiger charge is -1.91. The summed E-state index contributed by atoms with van der Waals surface area (Å²) in [5.74, 6) is -0.218. The van der Waals surface area contributed by atoms with Crippen molar-refractivity contribution in [3.8, 4) is 0 Å². The van der Waals surface area contributed by atoms with Crippen LogP contribution in [0.3, 0.4) is 0 Å². The van der Waals surface area contributed by atoms with Gasteiger partial charge in [-0.2, -0.15) is 0 Å². The average Bonchev–Trinajstić information content (AvgIpc) is 1.63. The Hall–Kier alpha value is 0.720. The minimum absolute atomic E-state index is 0.000772. The van der Waals surface area contributed by atoms with E-state index in [1.807, 2.05) is 0 Å². The van der Waals surface area contributed by atoms with Gasteiger partial charge in [0.2, 0.25) is 0 Å². The van der Waals surface area contributed by atoms with Crippen LogP contribution in [-0.2, 0) is 11.1 Å². The Labute approximate surface area is 70.1 Å². The van der Waals surface area contributed by atoms with E-state index in [2.05, 4.69) is 0 Å². The Kier molecular flexibility index (Phi) is 4.88. The second-order valence-electron chi connectivity index (χ2n) is 1.13. The van der Waals surface area contributed by atoms with E-state index in [9.17, 15) is 4.21 Å². The summed E-state index contributed by atoms with van der Waals surface area (Å²) in [6.45, 7) is 0. The first kappa shape index (κ1) is 9.72. The second-order valence-corrected chi connectivity index (χ2v) is 3.47. The average molecular weight is 209 g/mol. The molecule has 0 aliphatic heterocycles. The molecule has 0 rings (SSSR count). The summed E-state index contributed by atoms with van der Waals surface area (Å²) in [6, 6.07) is 0. The van der Waals surface area contributed by atoms with E-state index >= 15 is 0 Å². The van der Waals surface area contributed by atoms with Gasteiger partial charge in [0, 0.05) is 0 Å². The minimum Gasteiger partial charge on any atom is -0.306 e. The van der Waals surface area contributed by atoms with Crippen molar-refractivity contribution in [3.05, 3.63) is 9.52 Å². The Bertz CT molecular complexity index is 151. The van der Waals surface area contributed by atoms with E-state index in [4.69, 9.17) is 39.4 Å². The van der Waals surface area contributed by atoms with Gasteiger partial charge in [0.25, 0.3) is 0 Å². The lowest BCUT2D eigenvalue weighted by atomic mass is 10.7. The number of hydrogen-bond donors (Lipinski definition) is 1. The van der Waals surface area contributed by atoms with Gasteiger partial charge in [-0.3, -0.25) is 0 Å². The molecule has 0 aliphatic carbocycles. The molecule has 1 atom stereocenters. The van der Waals surface area contributed by atoms with Gasteiger partial charge in [0.1, 0.15) is 4.49 Å². The summed E-state index contributed by atoms with van der Waals surface area (Å²) in [7, 11) is 0. The second kappa shape index (κ2) is 4.52. The predicted octanol–water partition coefficient (Wildman–Crippen LogP) is 2.09. The molecule has 0 saturated carbocycles. The molecule has 0 aromatic carbocycles. The summed E-state index contributed by atoms with van der Waals surface area (Å²) in [5, 5.41) is -0.000772. The lowest BCUT2D eigenvalue weighted by molar-refractivity contribution is 0.567. The van der Waals surface area contributed by atoms with Gasteiger partial charge in [-0.15, -0.1) is 0 Å². The summed E-state index contributed by atoms with van der Waals surface area (Å²) < 4.78 is 18.0. The summed E-state index contributed by atoms with van der Waals surface area (Å²) in [4.78, 5) is 0. The molecule has 54 valence electrons. The number of rotatable bonds is 2. The van der Waals surface area contributed by atoms with Gasteiger partial charge >= 0.3 is 0 Å². The van der Waals surface area contributed by atoms with Crippen molar-refractivity contribution >= 4 is 45.9 Å². The van der Waals surface area contributed by atoms with E-state index in [0.717, 1.165) is 0 Å². The van der Waals surface area contributed by atoms with Crippen molar-refractivity contribution in [1.29, 1.82) is 0 Å². The molecule has 0 amide bonds. The van der Waals surface area contributed by atoms with Crippen LogP contribution in [0.4, 0.5) is 0 Å². The molecule has 0 heterocycles. The highest BCUT2D eigenvalue weighted by Gasteiger charge is 2.01. The Balaban J connectivity index is 3.92. The maximum Gasteiger partial charge on any atom is 0.158 e. The molecule has 6 heteroatoms. The molecule has 0 fully saturated rings.